The number of piperazine rings is 1. The number of hydrogen-bond donors (Lipinski definition) is 1. The Morgan fingerprint density at radius 1 is 1.06 bits per heavy atom. The van der Waals surface area contributed by atoms with Crippen molar-refractivity contribution in [2.45, 2.75) is 20.3 Å². The third kappa shape index (κ3) is 6.08. The number of nitrogens with one attached hydrogen (secondary N) is 1. The van der Waals surface area contributed by atoms with Gasteiger partial charge in [0.1, 0.15) is 0 Å². The molecule has 1 saturated heterocycles. The van der Waals surface area contributed by atoms with Gasteiger partial charge in [-0.05, 0) is 42.7 Å². The summed E-state index contributed by atoms with van der Waals surface area (Å²) in [5.41, 5.74) is 5.40. The number of nitrogens with zero attached hydrogens (tertiary/aromatic N) is 3. The maximum Gasteiger partial charge on any atom is 0.250 e. The van der Waals surface area contributed by atoms with Crippen molar-refractivity contribution < 1.29 is 9.59 Å². The first kappa shape index (κ1) is 22.7. The van der Waals surface area contributed by atoms with E-state index in [2.05, 4.69) is 47.2 Å². The molecular weight excluding hydrogens is 432 g/mol. The molecule has 0 aliphatic carbocycles. The molecule has 2 aromatic carbocycles. The maximum atomic E-state index is 12.8. The molecule has 4 rings (SSSR count). The highest BCUT2D eigenvalue weighted by Gasteiger charge is 2.23. The number of carbonyl (C=O) groups excluding carboxylic acids is 2. The predicted octanol–water partition coefficient (Wildman–Crippen LogP) is 4.30. The molecular formula is C26H28N4O2S. The van der Waals surface area contributed by atoms with Crippen LogP contribution in [0.25, 0.3) is 6.08 Å². The Balaban J connectivity index is 1.27. The van der Waals surface area contributed by atoms with E-state index < -0.39 is 0 Å². The van der Waals surface area contributed by atoms with E-state index in [0.717, 1.165) is 18.7 Å². The number of aryl methyl sites for hydroxylation is 2. The second-order valence-electron chi connectivity index (χ2n) is 8.21. The quantitative estimate of drug-likeness (QED) is 0.557. The van der Waals surface area contributed by atoms with Gasteiger partial charge in [0.15, 0.2) is 5.13 Å². The first-order valence-electron chi connectivity index (χ1n) is 11.1. The lowest BCUT2D eigenvalue weighted by molar-refractivity contribution is -0.130. The molecule has 0 radical (unpaired) electrons. The lowest BCUT2D eigenvalue weighted by atomic mass is 10.1. The summed E-state index contributed by atoms with van der Waals surface area (Å²) in [6, 6.07) is 16.1. The number of amides is 2. The van der Waals surface area contributed by atoms with Crippen molar-refractivity contribution >= 4 is 40.0 Å². The normalized spacial score (nSPS) is 14.0. The third-order valence-electron chi connectivity index (χ3n) is 5.68. The van der Waals surface area contributed by atoms with Gasteiger partial charge in [-0.15, -0.1) is 11.3 Å². The fraction of sp³-hybridized carbons (Fsp3) is 0.269. The zero-order valence-electron chi connectivity index (χ0n) is 19.0. The molecule has 3 aromatic rings. The van der Waals surface area contributed by atoms with Crippen LogP contribution in [-0.4, -0.2) is 47.9 Å². The summed E-state index contributed by atoms with van der Waals surface area (Å²) >= 11 is 1.33. The van der Waals surface area contributed by atoms with Gasteiger partial charge in [-0.3, -0.25) is 14.9 Å². The van der Waals surface area contributed by atoms with Gasteiger partial charge in [0.05, 0.1) is 12.1 Å². The average molecular weight is 461 g/mol. The molecule has 2 heterocycles. The number of aromatic nitrogens is 1. The van der Waals surface area contributed by atoms with Crippen LogP contribution in [0, 0.1) is 13.8 Å². The van der Waals surface area contributed by atoms with Gasteiger partial charge in [-0.1, -0.05) is 42.5 Å². The molecule has 6 nitrogen and oxygen atoms in total. The number of carbonyl (C=O) groups is 2. The molecule has 0 bridgehead atoms. The highest BCUT2D eigenvalue weighted by Crippen LogP contribution is 2.23. The first-order chi connectivity index (χ1) is 16.0. The fourth-order valence-electron chi connectivity index (χ4n) is 3.85. The van der Waals surface area contributed by atoms with Crippen LogP contribution in [-0.2, 0) is 16.0 Å². The topological polar surface area (TPSA) is 65.5 Å². The van der Waals surface area contributed by atoms with Crippen molar-refractivity contribution in [3.63, 3.8) is 0 Å². The SMILES string of the molecule is Cc1ccc(C)c(N2CCN(C(=O)Cc3csc(NC(=O)/C=C/c4ccccc4)n3)CC2)c1. The molecule has 170 valence electrons. The maximum absolute atomic E-state index is 12.8. The van der Waals surface area contributed by atoms with Crippen LogP contribution in [0.5, 0.6) is 0 Å². The van der Waals surface area contributed by atoms with Gasteiger partial charge >= 0.3 is 0 Å². The summed E-state index contributed by atoms with van der Waals surface area (Å²) in [5, 5.41) is 5.10. The average Bonchev–Trinajstić information content (AvgIpc) is 3.26. The van der Waals surface area contributed by atoms with Crippen LogP contribution in [0.15, 0.2) is 60.0 Å². The summed E-state index contributed by atoms with van der Waals surface area (Å²) in [6.45, 7) is 7.27. The summed E-state index contributed by atoms with van der Waals surface area (Å²) < 4.78 is 0. The molecule has 0 spiro atoms. The molecule has 1 aliphatic heterocycles. The monoisotopic (exact) mass is 460 g/mol. The molecule has 2 amide bonds. The van der Waals surface area contributed by atoms with Crippen LogP contribution in [0.3, 0.4) is 0 Å². The number of benzene rings is 2. The summed E-state index contributed by atoms with van der Waals surface area (Å²) in [7, 11) is 0. The third-order valence-corrected chi connectivity index (χ3v) is 6.49. The van der Waals surface area contributed by atoms with Crippen LogP contribution in [0.2, 0.25) is 0 Å². The van der Waals surface area contributed by atoms with Gasteiger partial charge in [0, 0.05) is 43.3 Å². The van der Waals surface area contributed by atoms with E-state index in [1.165, 1.54) is 34.2 Å². The van der Waals surface area contributed by atoms with Gasteiger partial charge in [0.2, 0.25) is 11.8 Å². The zero-order chi connectivity index (χ0) is 23.2. The number of rotatable bonds is 6. The predicted molar refractivity (Wildman–Crippen MR) is 135 cm³/mol. The van der Waals surface area contributed by atoms with E-state index in [-0.39, 0.29) is 18.2 Å². The Hall–Kier alpha value is -3.45. The van der Waals surface area contributed by atoms with Crippen LogP contribution in [0.4, 0.5) is 10.8 Å². The summed E-state index contributed by atoms with van der Waals surface area (Å²) in [5.74, 6) is -0.170. The van der Waals surface area contributed by atoms with Gasteiger partial charge in [-0.2, -0.15) is 0 Å². The first-order valence-corrected chi connectivity index (χ1v) is 11.9. The van der Waals surface area contributed by atoms with Crippen LogP contribution < -0.4 is 10.2 Å². The molecule has 1 fully saturated rings. The van der Waals surface area contributed by atoms with Crippen molar-refractivity contribution in [3.05, 3.63) is 82.4 Å². The minimum atomic E-state index is -0.242. The lowest BCUT2D eigenvalue weighted by Crippen LogP contribution is -2.49. The van der Waals surface area contributed by atoms with Crippen molar-refractivity contribution in [3.8, 4) is 0 Å². The standard InChI is InChI=1S/C26H28N4O2S/c1-19-8-9-20(2)23(16-19)29-12-14-30(15-13-29)25(32)17-22-18-33-26(27-22)28-24(31)11-10-21-6-4-3-5-7-21/h3-11,16,18H,12-15,17H2,1-2H3,(H,27,28,31)/b11-10+. The number of anilines is 2. The molecule has 0 saturated carbocycles. The Labute approximate surface area is 198 Å². The van der Waals surface area contributed by atoms with Crippen molar-refractivity contribution in [1.29, 1.82) is 0 Å². The van der Waals surface area contributed by atoms with Gasteiger partial charge in [-0.25, -0.2) is 4.98 Å². The van der Waals surface area contributed by atoms with Crippen LogP contribution in [0.1, 0.15) is 22.4 Å². The minimum Gasteiger partial charge on any atom is -0.368 e. The molecule has 1 aromatic heterocycles. The highest BCUT2D eigenvalue weighted by molar-refractivity contribution is 7.14. The zero-order valence-corrected chi connectivity index (χ0v) is 19.8. The molecule has 1 N–H and O–H groups in total. The summed E-state index contributed by atoms with van der Waals surface area (Å²) in [6.07, 6.45) is 3.48. The van der Waals surface area contributed by atoms with Gasteiger partial charge < -0.3 is 9.80 Å². The largest absolute Gasteiger partial charge is 0.368 e. The van der Waals surface area contributed by atoms with E-state index in [9.17, 15) is 9.59 Å². The van der Waals surface area contributed by atoms with E-state index >= 15 is 0 Å². The number of thiazole rings is 1. The Morgan fingerprint density at radius 2 is 1.82 bits per heavy atom. The van der Waals surface area contributed by atoms with E-state index in [1.807, 2.05) is 40.6 Å². The van der Waals surface area contributed by atoms with E-state index in [4.69, 9.17) is 0 Å². The highest BCUT2D eigenvalue weighted by atomic mass is 32.1. The van der Waals surface area contributed by atoms with Crippen molar-refractivity contribution in [2.75, 3.05) is 36.4 Å². The number of hydrogen-bond acceptors (Lipinski definition) is 5. The molecule has 33 heavy (non-hydrogen) atoms. The lowest BCUT2D eigenvalue weighted by Gasteiger charge is -2.37. The van der Waals surface area contributed by atoms with Crippen LogP contribution >= 0.6 is 11.3 Å². The van der Waals surface area contributed by atoms with E-state index in [0.29, 0.717) is 23.9 Å². The smallest absolute Gasteiger partial charge is 0.250 e. The molecule has 7 heteroatoms. The fourth-order valence-corrected chi connectivity index (χ4v) is 4.57. The molecule has 0 unspecified atom stereocenters. The molecule has 1 aliphatic rings. The van der Waals surface area contributed by atoms with Crippen molar-refractivity contribution in [2.24, 2.45) is 0 Å². The Morgan fingerprint density at radius 3 is 2.58 bits per heavy atom. The second-order valence-corrected chi connectivity index (χ2v) is 9.07. The Bertz CT molecular complexity index is 1150. The van der Waals surface area contributed by atoms with E-state index in [1.54, 1.807) is 6.08 Å². The Kier molecular flexibility index (Phi) is 7.19. The molecule has 0 atom stereocenters. The van der Waals surface area contributed by atoms with Crippen molar-refractivity contribution in [1.82, 2.24) is 9.88 Å². The van der Waals surface area contributed by atoms with Gasteiger partial charge in [0.25, 0.3) is 0 Å². The minimum absolute atomic E-state index is 0.0720. The summed E-state index contributed by atoms with van der Waals surface area (Å²) in [4.78, 5) is 33.6. The second kappa shape index (κ2) is 10.4.